The molecular formula is C14H19N3O4. The lowest BCUT2D eigenvalue weighted by Gasteiger charge is -2.27. The van der Waals surface area contributed by atoms with Gasteiger partial charge in [-0.2, -0.15) is 0 Å². The van der Waals surface area contributed by atoms with Crippen LogP contribution in [-0.4, -0.2) is 48.5 Å². The lowest BCUT2D eigenvalue weighted by molar-refractivity contribution is -0.385. The maximum Gasteiger partial charge on any atom is 0.311 e. The van der Waals surface area contributed by atoms with Gasteiger partial charge in [-0.3, -0.25) is 14.9 Å². The summed E-state index contributed by atoms with van der Waals surface area (Å²) >= 11 is 0. The normalized spacial score (nSPS) is 17.5. The van der Waals surface area contributed by atoms with Crippen LogP contribution in [0.5, 0.6) is 5.75 Å². The highest BCUT2D eigenvalue weighted by Crippen LogP contribution is 2.28. The number of nitrogens with zero attached hydrogens (tertiary/aromatic N) is 2. The number of likely N-dealkylation sites (N-methyl/N-ethyl adjacent to an activating group) is 1. The SMILES string of the molecule is CCN(C(=O)c1ccc(OC)c([N+](=O)[O-])c1)C1CCNC1. The number of methoxy groups -OCH3 is 1. The Morgan fingerprint density at radius 1 is 1.57 bits per heavy atom. The fourth-order valence-electron chi connectivity index (χ4n) is 2.60. The van der Waals surface area contributed by atoms with Crippen LogP contribution in [0.4, 0.5) is 5.69 Å². The van der Waals surface area contributed by atoms with E-state index in [1.807, 2.05) is 6.92 Å². The van der Waals surface area contributed by atoms with Crippen molar-refractivity contribution >= 4 is 11.6 Å². The molecule has 114 valence electrons. The Morgan fingerprint density at radius 3 is 2.86 bits per heavy atom. The van der Waals surface area contributed by atoms with E-state index < -0.39 is 4.92 Å². The Morgan fingerprint density at radius 2 is 2.33 bits per heavy atom. The molecule has 1 aromatic carbocycles. The molecule has 1 atom stereocenters. The smallest absolute Gasteiger partial charge is 0.311 e. The minimum Gasteiger partial charge on any atom is -0.490 e. The first-order valence-corrected chi connectivity index (χ1v) is 6.92. The van der Waals surface area contributed by atoms with Crippen molar-refractivity contribution in [1.29, 1.82) is 0 Å². The van der Waals surface area contributed by atoms with Gasteiger partial charge in [-0.05, 0) is 32.0 Å². The third kappa shape index (κ3) is 3.13. The maximum atomic E-state index is 12.6. The van der Waals surface area contributed by atoms with Crippen molar-refractivity contribution < 1.29 is 14.5 Å². The number of amides is 1. The first kappa shape index (κ1) is 15.2. The van der Waals surface area contributed by atoms with E-state index in [0.29, 0.717) is 12.1 Å². The van der Waals surface area contributed by atoms with Gasteiger partial charge in [0, 0.05) is 30.8 Å². The summed E-state index contributed by atoms with van der Waals surface area (Å²) in [5.74, 6) is -0.0286. The molecule has 1 N–H and O–H groups in total. The van der Waals surface area contributed by atoms with Gasteiger partial charge in [-0.25, -0.2) is 0 Å². The van der Waals surface area contributed by atoms with Crippen molar-refractivity contribution in [3.05, 3.63) is 33.9 Å². The molecule has 21 heavy (non-hydrogen) atoms. The van der Waals surface area contributed by atoms with E-state index in [-0.39, 0.29) is 23.4 Å². The van der Waals surface area contributed by atoms with Crippen molar-refractivity contribution in [2.75, 3.05) is 26.7 Å². The summed E-state index contributed by atoms with van der Waals surface area (Å²) in [6.07, 6.45) is 0.901. The van der Waals surface area contributed by atoms with E-state index in [1.54, 1.807) is 11.0 Å². The van der Waals surface area contributed by atoms with Crippen molar-refractivity contribution in [2.24, 2.45) is 0 Å². The highest BCUT2D eigenvalue weighted by atomic mass is 16.6. The van der Waals surface area contributed by atoms with Crippen molar-refractivity contribution in [1.82, 2.24) is 10.2 Å². The molecule has 1 fully saturated rings. The second-order valence-corrected chi connectivity index (χ2v) is 4.88. The molecule has 1 aromatic rings. The topological polar surface area (TPSA) is 84.7 Å². The monoisotopic (exact) mass is 293 g/mol. The predicted molar refractivity (Wildman–Crippen MR) is 77.6 cm³/mol. The second-order valence-electron chi connectivity index (χ2n) is 4.88. The standard InChI is InChI=1S/C14H19N3O4/c1-3-16(11-6-7-15-9-11)14(18)10-4-5-13(21-2)12(8-10)17(19)20/h4-5,8,11,15H,3,6-7,9H2,1-2H3. The fraction of sp³-hybridized carbons (Fsp3) is 0.500. The van der Waals surface area contributed by atoms with Gasteiger partial charge in [-0.1, -0.05) is 0 Å². The van der Waals surface area contributed by atoms with Gasteiger partial charge < -0.3 is 15.0 Å². The fourth-order valence-corrected chi connectivity index (χ4v) is 2.60. The first-order valence-electron chi connectivity index (χ1n) is 6.92. The van der Waals surface area contributed by atoms with Crippen LogP contribution in [-0.2, 0) is 0 Å². The van der Waals surface area contributed by atoms with Crippen LogP contribution in [0.3, 0.4) is 0 Å². The Hall–Kier alpha value is -2.15. The van der Waals surface area contributed by atoms with Gasteiger partial charge in [-0.15, -0.1) is 0 Å². The zero-order chi connectivity index (χ0) is 15.4. The van der Waals surface area contributed by atoms with Crippen LogP contribution in [0.1, 0.15) is 23.7 Å². The lowest BCUT2D eigenvalue weighted by Crippen LogP contribution is -2.41. The molecule has 0 saturated carbocycles. The van der Waals surface area contributed by atoms with Crippen molar-refractivity contribution in [3.63, 3.8) is 0 Å². The molecule has 1 amide bonds. The van der Waals surface area contributed by atoms with Crippen molar-refractivity contribution in [2.45, 2.75) is 19.4 Å². The number of nitrogens with one attached hydrogen (secondary N) is 1. The van der Waals surface area contributed by atoms with Gasteiger partial charge in [0.25, 0.3) is 5.91 Å². The Balaban J connectivity index is 2.29. The van der Waals surface area contributed by atoms with Crippen LogP contribution in [0.2, 0.25) is 0 Å². The van der Waals surface area contributed by atoms with Gasteiger partial charge in [0.05, 0.1) is 12.0 Å². The average molecular weight is 293 g/mol. The molecule has 1 saturated heterocycles. The van der Waals surface area contributed by atoms with E-state index in [2.05, 4.69) is 5.32 Å². The number of ether oxygens (including phenoxy) is 1. The minimum atomic E-state index is -0.539. The van der Waals surface area contributed by atoms with E-state index in [9.17, 15) is 14.9 Å². The number of rotatable bonds is 5. The van der Waals surface area contributed by atoms with Crippen LogP contribution in [0, 0.1) is 10.1 Å². The molecule has 7 nitrogen and oxygen atoms in total. The number of hydrogen-bond donors (Lipinski definition) is 1. The molecule has 0 bridgehead atoms. The molecule has 0 aliphatic carbocycles. The third-order valence-corrected chi connectivity index (χ3v) is 3.70. The maximum absolute atomic E-state index is 12.6. The Labute approximate surface area is 123 Å². The number of nitro benzene ring substituents is 1. The molecule has 7 heteroatoms. The lowest BCUT2D eigenvalue weighted by atomic mass is 10.1. The Bertz CT molecular complexity index is 541. The number of carbonyl (C=O) groups is 1. The third-order valence-electron chi connectivity index (χ3n) is 3.70. The second kappa shape index (κ2) is 6.53. The first-order chi connectivity index (χ1) is 10.1. The highest BCUT2D eigenvalue weighted by molar-refractivity contribution is 5.95. The van der Waals surface area contributed by atoms with Crippen LogP contribution in [0.25, 0.3) is 0 Å². The summed E-state index contributed by atoms with van der Waals surface area (Å²) in [4.78, 5) is 24.8. The summed E-state index contributed by atoms with van der Waals surface area (Å²) in [5.41, 5.74) is 0.125. The minimum absolute atomic E-state index is 0.142. The summed E-state index contributed by atoms with van der Waals surface area (Å²) in [6, 6.07) is 4.46. The zero-order valence-electron chi connectivity index (χ0n) is 12.2. The summed E-state index contributed by atoms with van der Waals surface area (Å²) in [5, 5.41) is 14.3. The predicted octanol–water partition coefficient (Wildman–Crippen LogP) is 1.43. The molecule has 2 rings (SSSR count). The van der Waals surface area contributed by atoms with E-state index >= 15 is 0 Å². The molecule has 0 spiro atoms. The van der Waals surface area contributed by atoms with Crippen LogP contribution < -0.4 is 10.1 Å². The molecule has 1 heterocycles. The Kier molecular flexibility index (Phi) is 4.74. The highest BCUT2D eigenvalue weighted by Gasteiger charge is 2.27. The van der Waals surface area contributed by atoms with E-state index in [0.717, 1.165) is 19.5 Å². The zero-order valence-corrected chi connectivity index (χ0v) is 12.2. The number of carbonyl (C=O) groups excluding carboxylic acids is 1. The molecule has 1 aliphatic heterocycles. The summed E-state index contributed by atoms with van der Waals surface area (Å²) in [7, 11) is 1.37. The summed E-state index contributed by atoms with van der Waals surface area (Å²) < 4.78 is 4.95. The number of nitro groups is 1. The van der Waals surface area contributed by atoms with Crippen LogP contribution >= 0.6 is 0 Å². The molecule has 1 unspecified atom stereocenters. The van der Waals surface area contributed by atoms with Gasteiger partial charge in [0.15, 0.2) is 5.75 Å². The summed E-state index contributed by atoms with van der Waals surface area (Å²) in [6.45, 7) is 4.13. The van der Waals surface area contributed by atoms with Gasteiger partial charge >= 0.3 is 5.69 Å². The quantitative estimate of drug-likeness (QED) is 0.655. The molecular weight excluding hydrogens is 274 g/mol. The molecule has 0 radical (unpaired) electrons. The largest absolute Gasteiger partial charge is 0.490 e. The molecule has 0 aromatic heterocycles. The van der Waals surface area contributed by atoms with E-state index in [1.165, 1.54) is 19.2 Å². The van der Waals surface area contributed by atoms with Gasteiger partial charge in [0.2, 0.25) is 0 Å². The average Bonchev–Trinajstić information content (AvgIpc) is 3.01. The van der Waals surface area contributed by atoms with Gasteiger partial charge in [0.1, 0.15) is 0 Å². The van der Waals surface area contributed by atoms with E-state index in [4.69, 9.17) is 4.74 Å². The van der Waals surface area contributed by atoms with Crippen molar-refractivity contribution in [3.8, 4) is 5.75 Å². The number of hydrogen-bond acceptors (Lipinski definition) is 5. The van der Waals surface area contributed by atoms with Crippen LogP contribution in [0.15, 0.2) is 18.2 Å². The number of benzene rings is 1. The molecule has 1 aliphatic rings.